The fraction of sp³-hybridized carbons (Fsp3) is 0.875. The van der Waals surface area contributed by atoms with Gasteiger partial charge >= 0.3 is 0 Å². The van der Waals surface area contributed by atoms with Gasteiger partial charge in [-0.25, -0.2) is 0 Å². The third kappa shape index (κ3) is 9.41. The number of hydrogen-bond donors (Lipinski definition) is 0. The van der Waals surface area contributed by atoms with Gasteiger partial charge in [-0.1, -0.05) is 13.8 Å². The predicted molar refractivity (Wildman–Crippen MR) is 44.0 cm³/mol. The minimum absolute atomic E-state index is 0.512. The minimum atomic E-state index is -0.681. The summed E-state index contributed by atoms with van der Waals surface area (Å²) >= 11 is 0. The van der Waals surface area contributed by atoms with E-state index in [1.54, 1.807) is 0 Å². The van der Waals surface area contributed by atoms with Crippen molar-refractivity contribution in [2.75, 3.05) is 13.2 Å². The number of nitrogens with zero attached hydrogens (tertiary/aromatic N) is 1. The molecule has 0 rings (SSSR count). The first-order valence-electron chi connectivity index (χ1n) is 3.98. The van der Waals surface area contributed by atoms with Crippen LogP contribution in [0.5, 0.6) is 0 Å². The molecule has 11 heavy (non-hydrogen) atoms. The average molecular weight is 159 g/mol. The zero-order valence-electron chi connectivity index (χ0n) is 7.76. The molecule has 0 aliphatic rings. The Hall–Kier alpha value is -0.590. The van der Waals surface area contributed by atoms with E-state index in [1.807, 2.05) is 33.8 Å². The highest BCUT2D eigenvalue weighted by Crippen LogP contribution is 1.90. The third-order valence-electron chi connectivity index (χ3n) is 0.741. The summed E-state index contributed by atoms with van der Waals surface area (Å²) in [6.07, 6.45) is -0.681. The van der Waals surface area contributed by atoms with Crippen LogP contribution >= 0.6 is 0 Å². The van der Waals surface area contributed by atoms with Crippen molar-refractivity contribution in [1.29, 1.82) is 5.26 Å². The number of rotatable bonds is 4. The zero-order valence-corrected chi connectivity index (χ0v) is 7.76. The Morgan fingerprint density at radius 2 is 1.55 bits per heavy atom. The van der Waals surface area contributed by atoms with E-state index in [0.717, 1.165) is 0 Å². The Morgan fingerprint density at radius 3 is 1.73 bits per heavy atom. The van der Waals surface area contributed by atoms with E-state index < -0.39 is 6.29 Å². The Morgan fingerprint density at radius 1 is 1.18 bits per heavy atom. The molecular formula is C8H17NO2. The molecule has 0 aliphatic carbocycles. The van der Waals surface area contributed by atoms with E-state index >= 15 is 0 Å². The van der Waals surface area contributed by atoms with Gasteiger partial charge in [-0.3, -0.25) is 0 Å². The highest BCUT2D eigenvalue weighted by atomic mass is 16.7. The second-order valence-electron chi connectivity index (χ2n) is 1.37. The summed E-state index contributed by atoms with van der Waals surface area (Å²) in [5.41, 5.74) is 0. The molecule has 0 heterocycles. The van der Waals surface area contributed by atoms with Gasteiger partial charge in [0.05, 0.1) is 0 Å². The Balaban J connectivity index is 0. The lowest BCUT2D eigenvalue weighted by molar-refractivity contribution is -0.0982. The predicted octanol–water partition coefficient (Wildman–Crippen LogP) is 1.94. The van der Waals surface area contributed by atoms with Gasteiger partial charge in [0.1, 0.15) is 6.07 Å². The average Bonchev–Trinajstić information content (AvgIpc) is 2.08. The van der Waals surface area contributed by atoms with E-state index in [2.05, 4.69) is 0 Å². The molecule has 0 aromatic heterocycles. The maximum atomic E-state index is 8.29. The minimum Gasteiger partial charge on any atom is -0.341 e. The molecule has 0 aliphatic heterocycles. The van der Waals surface area contributed by atoms with Gasteiger partial charge in [0.15, 0.2) is 0 Å². The molecule has 3 nitrogen and oxygen atoms in total. The van der Waals surface area contributed by atoms with Crippen molar-refractivity contribution in [3.8, 4) is 6.07 Å². The fourth-order valence-corrected chi connectivity index (χ4v) is 0.425. The van der Waals surface area contributed by atoms with Gasteiger partial charge < -0.3 is 9.47 Å². The van der Waals surface area contributed by atoms with Gasteiger partial charge in [-0.15, -0.1) is 0 Å². The first-order valence-corrected chi connectivity index (χ1v) is 3.98. The maximum absolute atomic E-state index is 8.29. The molecule has 66 valence electrons. The molecule has 0 aromatic carbocycles. The molecule has 0 saturated carbocycles. The summed E-state index contributed by atoms with van der Waals surface area (Å²) in [5, 5.41) is 8.29. The Labute approximate surface area is 68.9 Å². The lowest BCUT2D eigenvalue weighted by atomic mass is 10.7. The quantitative estimate of drug-likeness (QED) is 0.589. The van der Waals surface area contributed by atoms with E-state index in [0.29, 0.717) is 13.2 Å². The monoisotopic (exact) mass is 159 g/mol. The van der Waals surface area contributed by atoms with Gasteiger partial charge in [0, 0.05) is 13.2 Å². The SMILES string of the molecule is CC.CCOC(C#N)OCC. The third-order valence-corrected chi connectivity index (χ3v) is 0.741. The fourth-order valence-electron chi connectivity index (χ4n) is 0.425. The van der Waals surface area contributed by atoms with Crippen LogP contribution in [-0.2, 0) is 9.47 Å². The highest BCUT2D eigenvalue weighted by Gasteiger charge is 2.02. The molecule has 0 bridgehead atoms. The molecule has 0 unspecified atom stereocenters. The summed E-state index contributed by atoms with van der Waals surface area (Å²) in [6, 6.07) is 1.86. The van der Waals surface area contributed by atoms with Crippen LogP contribution in [0.15, 0.2) is 0 Å². The molecular weight excluding hydrogens is 142 g/mol. The zero-order chi connectivity index (χ0) is 9.11. The van der Waals surface area contributed by atoms with Crippen molar-refractivity contribution in [3.05, 3.63) is 0 Å². The van der Waals surface area contributed by atoms with Crippen molar-refractivity contribution in [1.82, 2.24) is 0 Å². The van der Waals surface area contributed by atoms with Crippen LogP contribution in [0.1, 0.15) is 27.7 Å². The van der Waals surface area contributed by atoms with E-state index in [4.69, 9.17) is 14.7 Å². The first-order chi connectivity index (χ1) is 5.35. The number of hydrogen-bond acceptors (Lipinski definition) is 3. The molecule has 0 amide bonds. The van der Waals surface area contributed by atoms with Gasteiger partial charge in [0.25, 0.3) is 0 Å². The van der Waals surface area contributed by atoms with Crippen LogP contribution in [0.4, 0.5) is 0 Å². The van der Waals surface area contributed by atoms with E-state index in [-0.39, 0.29) is 0 Å². The molecule has 3 heteroatoms. The van der Waals surface area contributed by atoms with Gasteiger partial charge in [-0.2, -0.15) is 5.26 Å². The van der Waals surface area contributed by atoms with Crippen molar-refractivity contribution < 1.29 is 9.47 Å². The molecule has 0 saturated heterocycles. The second-order valence-corrected chi connectivity index (χ2v) is 1.37. The summed E-state index contributed by atoms with van der Waals surface area (Å²) in [6.45, 7) is 8.67. The van der Waals surface area contributed by atoms with Crippen LogP contribution in [0.2, 0.25) is 0 Å². The topological polar surface area (TPSA) is 42.2 Å². The van der Waals surface area contributed by atoms with Crippen molar-refractivity contribution >= 4 is 0 Å². The van der Waals surface area contributed by atoms with Gasteiger partial charge in [0.2, 0.25) is 6.29 Å². The van der Waals surface area contributed by atoms with E-state index in [1.165, 1.54) is 0 Å². The summed E-state index contributed by atoms with van der Waals surface area (Å²) in [4.78, 5) is 0. The lowest BCUT2D eigenvalue weighted by Crippen LogP contribution is -2.14. The molecule has 0 aromatic rings. The largest absolute Gasteiger partial charge is 0.341 e. The lowest BCUT2D eigenvalue weighted by Gasteiger charge is -2.06. The van der Waals surface area contributed by atoms with E-state index in [9.17, 15) is 0 Å². The Bertz CT molecular complexity index is 92.8. The normalized spacial score (nSPS) is 8.36. The summed E-state index contributed by atoms with van der Waals surface area (Å²) < 4.78 is 9.70. The van der Waals surface area contributed by atoms with Crippen molar-refractivity contribution in [2.24, 2.45) is 0 Å². The highest BCUT2D eigenvalue weighted by molar-refractivity contribution is 4.74. The number of nitriles is 1. The van der Waals surface area contributed by atoms with Crippen LogP contribution in [0.25, 0.3) is 0 Å². The summed E-state index contributed by atoms with van der Waals surface area (Å²) in [5.74, 6) is 0. The summed E-state index contributed by atoms with van der Waals surface area (Å²) in [7, 11) is 0. The van der Waals surface area contributed by atoms with Crippen molar-refractivity contribution in [2.45, 2.75) is 34.0 Å². The number of ether oxygens (including phenoxy) is 2. The molecule has 0 radical (unpaired) electrons. The second kappa shape index (κ2) is 12.1. The Kier molecular flexibility index (Phi) is 14.4. The first kappa shape index (κ1) is 13.0. The van der Waals surface area contributed by atoms with Gasteiger partial charge in [-0.05, 0) is 13.8 Å². The molecule has 0 N–H and O–H groups in total. The van der Waals surface area contributed by atoms with Crippen LogP contribution in [-0.4, -0.2) is 19.5 Å². The van der Waals surface area contributed by atoms with Crippen molar-refractivity contribution in [3.63, 3.8) is 0 Å². The smallest absolute Gasteiger partial charge is 0.248 e. The molecule has 0 fully saturated rings. The molecule has 0 atom stereocenters. The maximum Gasteiger partial charge on any atom is 0.248 e. The van der Waals surface area contributed by atoms with Crippen LogP contribution in [0.3, 0.4) is 0 Å². The van der Waals surface area contributed by atoms with Crippen LogP contribution < -0.4 is 0 Å². The standard InChI is InChI=1S/C6H11NO2.C2H6/c1-3-8-6(5-7)9-4-2;1-2/h6H,3-4H2,1-2H3;1-2H3. The molecule has 0 spiro atoms. The van der Waals surface area contributed by atoms with Crippen LogP contribution in [0, 0.1) is 11.3 Å².